The summed E-state index contributed by atoms with van der Waals surface area (Å²) in [6.45, 7) is 0. The molecule has 0 bridgehead atoms. The molecule has 0 saturated heterocycles. The third-order valence-corrected chi connectivity index (χ3v) is 5.46. The van der Waals surface area contributed by atoms with E-state index < -0.39 is 22.6 Å². The van der Waals surface area contributed by atoms with E-state index in [0.29, 0.717) is 10.8 Å². The van der Waals surface area contributed by atoms with Crippen molar-refractivity contribution in [3.05, 3.63) is 64.0 Å². The Bertz CT molecular complexity index is 1180. The number of halogens is 3. The van der Waals surface area contributed by atoms with Crippen molar-refractivity contribution in [2.75, 3.05) is 24.3 Å². The van der Waals surface area contributed by atoms with Crippen LogP contribution in [0.15, 0.2) is 52.8 Å². The second-order valence-electron chi connectivity index (χ2n) is 6.84. The van der Waals surface area contributed by atoms with Gasteiger partial charge in [-0.3, -0.25) is 14.9 Å². The minimum atomic E-state index is -4.60. The SMILES string of the molecule is CN(C)c1ccc(C(F)(F)F)cc1NC(=O)c1ccc(Sc2nncn2C)c([N+](=O)[O-])c1. The number of nitro groups is 1. The predicted molar refractivity (Wildman–Crippen MR) is 112 cm³/mol. The highest BCUT2D eigenvalue weighted by Gasteiger charge is 2.31. The number of rotatable bonds is 6. The molecule has 0 atom stereocenters. The smallest absolute Gasteiger partial charge is 0.376 e. The van der Waals surface area contributed by atoms with Gasteiger partial charge in [0.2, 0.25) is 0 Å². The molecule has 1 aromatic heterocycles. The number of aromatic nitrogens is 3. The number of nitrogens with zero attached hydrogens (tertiary/aromatic N) is 5. The molecular weight excluding hydrogens is 449 g/mol. The van der Waals surface area contributed by atoms with Gasteiger partial charge in [-0.15, -0.1) is 10.2 Å². The monoisotopic (exact) mass is 466 g/mol. The maximum atomic E-state index is 13.1. The summed E-state index contributed by atoms with van der Waals surface area (Å²) in [6, 6.07) is 6.77. The van der Waals surface area contributed by atoms with Gasteiger partial charge in [0.15, 0.2) is 5.16 Å². The molecule has 2 aromatic carbocycles. The minimum Gasteiger partial charge on any atom is -0.376 e. The van der Waals surface area contributed by atoms with E-state index >= 15 is 0 Å². The number of aryl methyl sites for hydroxylation is 1. The number of alkyl halides is 3. The fourth-order valence-electron chi connectivity index (χ4n) is 2.75. The summed E-state index contributed by atoms with van der Waals surface area (Å²) in [5, 5.41) is 21.9. The molecule has 168 valence electrons. The van der Waals surface area contributed by atoms with Crippen LogP contribution in [0.1, 0.15) is 15.9 Å². The van der Waals surface area contributed by atoms with E-state index in [2.05, 4.69) is 15.5 Å². The van der Waals surface area contributed by atoms with E-state index in [-0.39, 0.29) is 21.8 Å². The van der Waals surface area contributed by atoms with Crippen LogP contribution in [0.2, 0.25) is 0 Å². The van der Waals surface area contributed by atoms with Gasteiger partial charge < -0.3 is 14.8 Å². The van der Waals surface area contributed by atoms with Crippen molar-refractivity contribution in [1.82, 2.24) is 14.8 Å². The maximum Gasteiger partial charge on any atom is 0.416 e. The molecule has 0 aliphatic rings. The third kappa shape index (κ3) is 4.99. The molecule has 0 aliphatic heterocycles. The van der Waals surface area contributed by atoms with E-state index in [1.54, 1.807) is 30.6 Å². The summed E-state index contributed by atoms with van der Waals surface area (Å²) in [6.07, 6.45) is -3.16. The number of nitro benzene ring substituents is 1. The molecule has 0 spiro atoms. The highest BCUT2D eigenvalue weighted by molar-refractivity contribution is 7.99. The van der Waals surface area contributed by atoms with Crippen LogP contribution < -0.4 is 10.2 Å². The first-order valence-corrected chi connectivity index (χ1v) is 9.79. The second kappa shape index (κ2) is 8.86. The average molecular weight is 466 g/mol. The van der Waals surface area contributed by atoms with Crippen molar-refractivity contribution in [2.24, 2.45) is 7.05 Å². The number of hydrogen-bond donors (Lipinski definition) is 1. The van der Waals surface area contributed by atoms with Gasteiger partial charge in [0.1, 0.15) is 6.33 Å². The lowest BCUT2D eigenvalue weighted by atomic mass is 10.1. The lowest BCUT2D eigenvalue weighted by molar-refractivity contribution is -0.387. The highest BCUT2D eigenvalue weighted by Crippen LogP contribution is 2.36. The normalized spacial score (nSPS) is 11.3. The van der Waals surface area contributed by atoms with Crippen LogP contribution in [0.3, 0.4) is 0 Å². The van der Waals surface area contributed by atoms with Crippen LogP contribution in [0, 0.1) is 10.1 Å². The Morgan fingerprint density at radius 1 is 1.22 bits per heavy atom. The molecule has 0 radical (unpaired) electrons. The number of carbonyl (C=O) groups is 1. The van der Waals surface area contributed by atoms with Gasteiger partial charge in [0.05, 0.1) is 26.8 Å². The van der Waals surface area contributed by atoms with Crippen molar-refractivity contribution in [2.45, 2.75) is 16.2 Å². The fourth-order valence-corrected chi connectivity index (χ4v) is 3.60. The summed E-state index contributed by atoms with van der Waals surface area (Å²) in [5.74, 6) is -0.786. The van der Waals surface area contributed by atoms with Crippen molar-refractivity contribution in [3.8, 4) is 0 Å². The van der Waals surface area contributed by atoms with Crippen molar-refractivity contribution >= 4 is 34.7 Å². The number of benzene rings is 2. The van der Waals surface area contributed by atoms with Crippen LogP contribution in [0.25, 0.3) is 0 Å². The van der Waals surface area contributed by atoms with Gasteiger partial charge in [0.25, 0.3) is 11.6 Å². The van der Waals surface area contributed by atoms with E-state index in [4.69, 9.17) is 0 Å². The zero-order valence-corrected chi connectivity index (χ0v) is 17.9. The summed E-state index contributed by atoms with van der Waals surface area (Å²) in [5.41, 5.74) is -1.09. The lowest BCUT2D eigenvalue weighted by Crippen LogP contribution is -2.18. The number of amides is 1. The molecule has 1 heterocycles. The minimum absolute atomic E-state index is 0.0741. The van der Waals surface area contributed by atoms with Gasteiger partial charge in [-0.1, -0.05) is 0 Å². The van der Waals surface area contributed by atoms with E-state index in [9.17, 15) is 28.1 Å². The molecule has 0 fully saturated rings. The van der Waals surface area contributed by atoms with E-state index in [1.807, 2.05) is 0 Å². The van der Waals surface area contributed by atoms with Gasteiger partial charge in [-0.2, -0.15) is 13.2 Å². The molecular formula is C19H17F3N6O3S. The molecule has 0 aliphatic carbocycles. The van der Waals surface area contributed by atoms with Crippen molar-refractivity contribution in [3.63, 3.8) is 0 Å². The summed E-state index contributed by atoms with van der Waals surface area (Å²) in [7, 11) is 4.90. The Morgan fingerprint density at radius 2 is 1.94 bits per heavy atom. The van der Waals surface area contributed by atoms with Gasteiger partial charge >= 0.3 is 6.18 Å². The molecule has 9 nitrogen and oxygen atoms in total. The third-order valence-electron chi connectivity index (χ3n) is 4.34. The quantitative estimate of drug-likeness (QED) is 0.428. The first-order chi connectivity index (χ1) is 15.0. The van der Waals surface area contributed by atoms with E-state index in [1.165, 1.54) is 24.5 Å². The zero-order chi connectivity index (χ0) is 23.6. The summed E-state index contributed by atoms with van der Waals surface area (Å²) >= 11 is 0.996. The van der Waals surface area contributed by atoms with Crippen LogP contribution in [0.4, 0.5) is 30.2 Å². The first-order valence-electron chi connectivity index (χ1n) is 8.97. The van der Waals surface area contributed by atoms with Gasteiger partial charge in [0, 0.05) is 32.8 Å². The largest absolute Gasteiger partial charge is 0.416 e. The van der Waals surface area contributed by atoms with E-state index in [0.717, 1.165) is 30.0 Å². The lowest BCUT2D eigenvalue weighted by Gasteiger charge is -2.20. The number of nitrogens with one attached hydrogen (secondary N) is 1. The molecule has 0 saturated carbocycles. The highest BCUT2D eigenvalue weighted by atomic mass is 32.2. The fraction of sp³-hybridized carbons (Fsp3) is 0.211. The topological polar surface area (TPSA) is 106 Å². The second-order valence-corrected chi connectivity index (χ2v) is 7.85. The molecule has 13 heteroatoms. The standard InChI is InChI=1S/C19H17F3N6O3S/c1-26(2)14-6-5-12(19(20,21)22)9-13(14)24-17(29)11-4-7-16(15(8-11)28(30)31)32-18-25-23-10-27(18)3/h4-10H,1-3H3,(H,24,29). The molecule has 3 rings (SSSR count). The Kier molecular flexibility index (Phi) is 6.39. The Morgan fingerprint density at radius 3 is 2.50 bits per heavy atom. The van der Waals surface area contributed by atoms with Gasteiger partial charge in [-0.05, 0) is 42.1 Å². The molecule has 1 N–H and O–H groups in total. The summed E-state index contributed by atoms with van der Waals surface area (Å²) < 4.78 is 40.9. The molecule has 3 aromatic rings. The Hall–Kier alpha value is -3.61. The maximum absolute atomic E-state index is 13.1. The van der Waals surface area contributed by atoms with Crippen LogP contribution in [0.5, 0.6) is 0 Å². The van der Waals surface area contributed by atoms with Gasteiger partial charge in [-0.25, -0.2) is 0 Å². The predicted octanol–water partition coefficient (Wildman–Crippen LogP) is 4.21. The van der Waals surface area contributed by atoms with Crippen LogP contribution in [-0.2, 0) is 13.2 Å². The van der Waals surface area contributed by atoms with Crippen molar-refractivity contribution < 1.29 is 22.9 Å². The Labute approximate surface area is 184 Å². The Balaban J connectivity index is 1.94. The van der Waals surface area contributed by atoms with Crippen molar-refractivity contribution in [1.29, 1.82) is 0 Å². The number of anilines is 2. The zero-order valence-electron chi connectivity index (χ0n) is 17.0. The first kappa shape index (κ1) is 23.1. The molecule has 0 unspecified atom stereocenters. The summed E-state index contributed by atoms with van der Waals surface area (Å²) in [4.78, 5) is 25.4. The average Bonchev–Trinajstić information content (AvgIpc) is 3.11. The van der Waals surface area contributed by atoms with Crippen LogP contribution in [-0.4, -0.2) is 39.7 Å². The number of hydrogen-bond acceptors (Lipinski definition) is 7. The van der Waals surface area contributed by atoms with Crippen LogP contribution >= 0.6 is 11.8 Å². The number of carbonyl (C=O) groups excluding carboxylic acids is 1. The molecule has 32 heavy (non-hydrogen) atoms. The molecule has 1 amide bonds.